The van der Waals surface area contributed by atoms with Crippen LogP contribution >= 0.6 is 11.6 Å². The van der Waals surface area contributed by atoms with E-state index in [0.29, 0.717) is 17.2 Å². The Bertz CT molecular complexity index is 569. The van der Waals surface area contributed by atoms with Gasteiger partial charge >= 0.3 is 5.97 Å². The molecule has 2 aromatic rings. The van der Waals surface area contributed by atoms with Crippen molar-refractivity contribution in [2.24, 2.45) is 0 Å². The lowest BCUT2D eigenvalue weighted by atomic mass is 10.1. The number of hydrogen-bond donors (Lipinski definition) is 0. The fourth-order valence-corrected chi connectivity index (χ4v) is 2.07. The normalized spacial score (nSPS) is 11.9. The Labute approximate surface area is 123 Å². The van der Waals surface area contributed by atoms with E-state index in [4.69, 9.17) is 21.1 Å². The van der Waals surface area contributed by atoms with Crippen molar-refractivity contribution in [2.45, 2.75) is 12.7 Å². The van der Waals surface area contributed by atoms with Crippen LogP contribution in [0, 0.1) is 0 Å². The second-order valence-electron chi connectivity index (χ2n) is 4.22. The highest BCUT2D eigenvalue weighted by atomic mass is 35.5. The van der Waals surface area contributed by atoms with Gasteiger partial charge in [0, 0.05) is 10.6 Å². The first kappa shape index (κ1) is 14.6. The van der Waals surface area contributed by atoms with Crippen molar-refractivity contribution in [1.29, 1.82) is 0 Å². The highest BCUT2D eigenvalue weighted by Gasteiger charge is 2.24. The van der Waals surface area contributed by atoms with E-state index in [0.717, 1.165) is 5.56 Å². The summed E-state index contributed by atoms with van der Waals surface area (Å²) in [6, 6.07) is 16.7. The summed E-state index contributed by atoms with van der Waals surface area (Å²) in [5.74, 6) is -0.464. The lowest BCUT2D eigenvalue weighted by Gasteiger charge is -2.17. The summed E-state index contributed by atoms with van der Waals surface area (Å²) in [5.41, 5.74) is 1.59. The van der Waals surface area contributed by atoms with Crippen LogP contribution < -0.4 is 0 Å². The standard InChI is InChI=1S/C16H15ClO3/c1-19-16(18)15(13-9-5-6-10-14(13)17)20-11-12-7-3-2-4-8-12/h2-10,15H,11H2,1H3/t15-/m1/s1. The van der Waals surface area contributed by atoms with Crippen LogP contribution in [0.4, 0.5) is 0 Å². The molecule has 1 atom stereocenters. The molecule has 0 aliphatic rings. The van der Waals surface area contributed by atoms with Crippen LogP contribution in [0.3, 0.4) is 0 Å². The fraction of sp³-hybridized carbons (Fsp3) is 0.188. The summed E-state index contributed by atoms with van der Waals surface area (Å²) >= 11 is 6.11. The molecule has 0 N–H and O–H groups in total. The van der Waals surface area contributed by atoms with Crippen LogP contribution in [-0.4, -0.2) is 13.1 Å². The monoisotopic (exact) mass is 290 g/mol. The van der Waals surface area contributed by atoms with Crippen LogP contribution in [-0.2, 0) is 20.9 Å². The Morgan fingerprint density at radius 1 is 1.10 bits per heavy atom. The molecule has 0 amide bonds. The Morgan fingerprint density at radius 3 is 2.40 bits per heavy atom. The van der Waals surface area contributed by atoms with E-state index < -0.39 is 12.1 Å². The molecule has 20 heavy (non-hydrogen) atoms. The van der Waals surface area contributed by atoms with Gasteiger partial charge in [-0.15, -0.1) is 0 Å². The number of halogens is 1. The predicted molar refractivity (Wildman–Crippen MR) is 77.4 cm³/mol. The Balaban J connectivity index is 2.17. The number of methoxy groups -OCH3 is 1. The molecular formula is C16H15ClO3. The molecule has 0 aliphatic heterocycles. The number of ether oxygens (including phenoxy) is 2. The van der Waals surface area contributed by atoms with Crippen LogP contribution in [0.5, 0.6) is 0 Å². The SMILES string of the molecule is COC(=O)[C@H](OCc1ccccc1)c1ccccc1Cl. The Hall–Kier alpha value is -1.84. The molecule has 0 spiro atoms. The lowest BCUT2D eigenvalue weighted by Crippen LogP contribution is -2.18. The van der Waals surface area contributed by atoms with E-state index in [2.05, 4.69) is 0 Å². The van der Waals surface area contributed by atoms with E-state index in [1.807, 2.05) is 36.4 Å². The number of carbonyl (C=O) groups excluding carboxylic acids is 1. The maximum absolute atomic E-state index is 11.9. The zero-order valence-corrected chi connectivity index (χ0v) is 11.8. The van der Waals surface area contributed by atoms with Crippen LogP contribution in [0.15, 0.2) is 54.6 Å². The molecule has 4 heteroatoms. The third-order valence-corrected chi connectivity index (χ3v) is 3.21. The van der Waals surface area contributed by atoms with Gasteiger partial charge in [-0.3, -0.25) is 0 Å². The van der Waals surface area contributed by atoms with Gasteiger partial charge in [-0.2, -0.15) is 0 Å². The summed E-state index contributed by atoms with van der Waals surface area (Å²) in [4.78, 5) is 11.9. The van der Waals surface area contributed by atoms with Crippen LogP contribution in [0.2, 0.25) is 5.02 Å². The molecule has 0 saturated heterocycles. The number of carbonyl (C=O) groups is 1. The van der Waals surface area contributed by atoms with Gasteiger partial charge in [0.2, 0.25) is 0 Å². The van der Waals surface area contributed by atoms with Gasteiger partial charge in [0.25, 0.3) is 0 Å². The van der Waals surface area contributed by atoms with Gasteiger partial charge in [-0.1, -0.05) is 60.1 Å². The number of hydrogen-bond acceptors (Lipinski definition) is 3. The lowest BCUT2D eigenvalue weighted by molar-refractivity contribution is -0.155. The van der Waals surface area contributed by atoms with E-state index in [-0.39, 0.29) is 0 Å². The van der Waals surface area contributed by atoms with Gasteiger partial charge in [-0.25, -0.2) is 4.79 Å². The Morgan fingerprint density at radius 2 is 1.75 bits per heavy atom. The topological polar surface area (TPSA) is 35.5 Å². The summed E-state index contributed by atoms with van der Waals surface area (Å²) < 4.78 is 10.5. The molecule has 3 nitrogen and oxygen atoms in total. The van der Waals surface area contributed by atoms with Crippen molar-refractivity contribution in [3.8, 4) is 0 Å². The third-order valence-electron chi connectivity index (χ3n) is 2.86. The molecule has 2 aromatic carbocycles. The van der Waals surface area contributed by atoms with E-state index in [1.165, 1.54) is 7.11 Å². The number of benzene rings is 2. The summed E-state index contributed by atoms with van der Waals surface area (Å²) in [6.45, 7) is 0.311. The van der Waals surface area contributed by atoms with Gasteiger partial charge in [0.1, 0.15) is 0 Å². The number of rotatable bonds is 5. The summed E-state index contributed by atoms with van der Waals surface area (Å²) in [7, 11) is 1.33. The first-order chi connectivity index (χ1) is 9.72. The molecular weight excluding hydrogens is 276 g/mol. The predicted octanol–water partition coefficient (Wildman–Crippen LogP) is 3.77. The van der Waals surface area contributed by atoms with E-state index >= 15 is 0 Å². The molecule has 0 heterocycles. The fourth-order valence-electron chi connectivity index (χ4n) is 1.83. The van der Waals surface area contributed by atoms with Gasteiger partial charge in [-0.05, 0) is 11.6 Å². The van der Waals surface area contributed by atoms with Crippen molar-refractivity contribution in [3.05, 3.63) is 70.7 Å². The second kappa shape index (κ2) is 7.08. The van der Waals surface area contributed by atoms with Crippen LogP contribution in [0.1, 0.15) is 17.2 Å². The van der Waals surface area contributed by atoms with Gasteiger partial charge < -0.3 is 9.47 Å². The molecule has 0 unspecified atom stereocenters. The Kier molecular flexibility index (Phi) is 5.16. The molecule has 2 rings (SSSR count). The van der Waals surface area contributed by atoms with Crippen LogP contribution in [0.25, 0.3) is 0 Å². The maximum Gasteiger partial charge on any atom is 0.339 e. The minimum Gasteiger partial charge on any atom is -0.467 e. The minimum atomic E-state index is -0.825. The van der Waals surface area contributed by atoms with Crippen molar-refractivity contribution < 1.29 is 14.3 Å². The minimum absolute atomic E-state index is 0.311. The smallest absolute Gasteiger partial charge is 0.339 e. The van der Waals surface area contributed by atoms with Crippen molar-refractivity contribution in [3.63, 3.8) is 0 Å². The molecule has 0 saturated carbocycles. The third kappa shape index (κ3) is 3.59. The van der Waals surface area contributed by atoms with Crippen molar-refractivity contribution in [1.82, 2.24) is 0 Å². The maximum atomic E-state index is 11.9. The molecule has 0 bridgehead atoms. The summed E-state index contributed by atoms with van der Waals surface area (Å²) in [6.07, 6.45) is -0.825. The number of esters is 1. The summed E-state index contributed by atoms with van der Waals surface area (Å²) in [5, 5.41) is 0.482. The molecule has 0 aromatic heterocycles. The van der Waals surface area contributed by atoms with Crippen molar-refractivity contribution in [2.75, 3.05) is 7.11 Å². The molecule has 0 fully saturated rings. The average molecular weight is 291 g/mol. The zero-order valence-electron chi connectivity index (χ0n) is 11.1. The van der Waals surface area contributed by atoms with E-state index in [9.17, 15) is 4.79 Å². The first-order valence-electron chi connectivity index (χ1n) is 6.20. The quantitative estimate of drug-likeness (QED) is 0.786. The van der Waals surface area contributed by atoms with E-state index in [1.54, 1.807) is 18.2 Å². The van der Waals surface area contributed by atoms with Gasteiger partial charge in [0.15, 0.2) is 6.10 Å². The highest BCUT2D eigenvalue weighted by molar-refractivity contribution is 6.31. The van der Waals surface area contributed by atoms with Crippen molar-refractivity contribution >= 4 is 17.6 Å². The second-order valence-corrected chi connectivity index (χ2v) is 4.63. The molecule has 0 radical (unpaired) electrons. The zero-order chi connectivity index (χ0) is 14.4. The first-order valence-corrected chi connectivity index (χ1v) is 6.58. The highest BCUT2D eigenvalue weighted by Crippen LogP contribution is 2.27. The molecule has 0 aliphatic carbocycles. The molecule has 104 valence electrons. The van der Waals surface area contributed by atoms with Gasteiger partial charge in [0.05, 0.1) is 13.7 Å². The largest absolute Gasteiger partial charge is 0.467 e. The average Bonchev–Trinajstić information content (AvgIpc) is 2.50.